The van der Waals surface area contributed by atoms with E-state index >= 15 is 0 Å². The molecular weight excluding hydrogens is 510 g/mol. The average molecular weight is 544 g/mol. The van der Waals surface area contributed by atoms with Gasteiger partial charge in [-0.1, -0.05) is 80.9 Å². The van der Waals surface area contributed by atoms with Crippen LogP contribution >= 0.6 is 11.6 Å². The first-order valence-electron chi connectivity index (χ1n) is 12.3. The molecule has 0 fully saturated rings. The third-order valence-corrected chi connectivity index (χ3v) is 7.43. The highest BCUT2D eigenvalue weighted by atomic mass is 35.5. The van der Waals surface area contributed by atoms with E-state index in [-0.39, 0.29) is 18.4 Å². The summed E-state index contributed by atoms with van der Waals surface area (Å²) in [6.07, 6.45) is 1.45. The summed E-state index contributed by atoms with van der Waals surface area (Å²) >= 11 is 6.04. The van der Waals surface area contributed by atoms with E-state index in [0.717, 1.165) is 21.5 Å². The van der Waals surface area contributed by atoms with Crippen molar-refractivity contribution in [3.8, 4) is 0 Å². The molecule has 3 aromatic carbocycles. The molecule has 3 aromatic rings. The second-order valence-corrected chi connectivity index (χ2v) is 11.8. The predicted octanol–water partition coefficient (Wildman–Crippen LogP) is 4.84. The predicted molar refractivity (Wildman–Crippen MR) is 150 cm³/mol. The second kappa shape index (κ2) is 12.4. The van der Waals surface area contributed by atoms with Gasteiger partial charge in [0.15, 0.2) is 0 Å². The molecule has 0 saturated heterocycles. The summed E-state index contributed by atoms with van der Waals surface area (Å²) in [6, 6.07) is 19.0. The molecular formula is C28H34ClN3O4S. The molecule has 9 heteroatoms. The van der Waals surface area contributed by atoms with Crippen molar-refractivity contribution in [3.63, 3.8) is 0 Å². The number of carbonyl (C=O) groups is 2. The Labute approximate surface area is 224 Å². The van der Waals surface area contributed by atoms with Crippen LogP contribution in [0.1, 0.15) is 32.8 Å². The van der Waals surface area contributed by atoms with E-state index in [1.165, 1.54) is 4.90 Å². The van der Waals surface area contributed by atoms with Crippen LogP contribution in [0, 0.1) is 5.92 Å². The van der Waals surface area contributed by atoms with Crippen molar-refractivity contribution < 1.29 is 18.0 Å². The van der Waals surface area contributed by atoms with Crippen LogP contribution in [0.5, 0.6) is 0 Å². The number of benzene rings is 3. The first kappa shape index (κ1) is 28.5. The lowest BCUT2D eigenvalue weighted by molar-refractivity contribution is -0.140. The minimum Gasteiger partial charge on any atom is -0.354 e. The lowest BCUT2D eigenvalue weighted by Crippen LogP contribution is -2.52. The number of nitrogens with zero attached hydrogens (tertiary/aromatic N) is 2. The summed E-state index contributed by atoms with van der Waals surface area (Å²) < 4.78 is 27.0. The van der Waals surface area contributed by atoms with E-state index in [4.69, 9.17) is 11.6 Å². The fourth-order valence-corrected chi connectivity index (χ4v) is 5.14. The van der Waals surface area contributed by atoms with Gasteiger partial charge < -0.3 is 10.2 Å². The van der Waals surface area contributed by atoms with Crippen LogP contribution in [-0.2, 0) is 26.2 Å². The van der Waals surface area contributed by atoms with Gasteiger partial charge in [-0.15, -0.1) is 0 Å². The van der Waals surface area contributed by atoms with Crippen LogP contribution in [0.4, 0.5) is 5.69 Å². The smallest absolute Gasteiger partial charge is 0.244 e. The summed E-state index contributed by atoms with van der Waals surface area (Å²) in [6.45, 7) is 5.99. The van der Waals surface area contributed by atoms with Crippen LogP contribution in [0.3, 0.4) is 0 Å². The van der Waals surface area contributed by atoms with Gasteiger partial charge in [-0.3, -0.25) is 13.9 Å². The monoisotopic (exact) mass is 543 g/mol. The highest BCUT2D eigenvalue weighted by Crippen LogP contribution is 2.29. The maximum absolute atomic E-state index is 13.8. The third kappa shape index (κ3) is 7.46. The Morgan fingerprint density at radius 1 is 0.973 bits per heavy atom. The van der Waals surface area contributed by atoms with E-state index < -0.39 is 28.5 Å². The number of anilines is 1. The number of amides is 2. The van der Waals surface area contributed by atoms with E-state index in [0.29, 0.717) is 29.1 Å². The average Bonchev–Trinajstić information content (AvgIpc) is 2.86. The first-order chi connectivity index (χ1) is 17.5. The van der Waals surface area contributed by atoms with Crippen molar-refractivity contribution in [2.75, 3.05) is 23.7 Å². The van der Waals surface area contributed by atoms with Gasteiger partial charge in [-0.2, -0.15) is 0 Å². The second-order valence-electron chi connectivity index (χ2n) is 9.48. The molecule has 0 bridgehead atoms. The zero-order valence-corrected chi connectivity index (χ0v) is 23.2. The van der Waals surface area contributed by atoms with Crippen molar-refractivity contribution in [3.05, 3.63) is 77.3 Å². The lowest BCUT2D eigenvalue weighted by Gasteiger charge is -2.33. The summed E-state index contributed by atoms with van der Waals surface area (Å²) in [5, 5.41) is 5.05. The Morgan fingerprint density at radius 2 is 1.62 bits per heavy atom. The molecule has 0 aliphatic heterocycles. The Hall–Kier alpha value is -3.10. The highest BCUT2D eigenvalue weighted by molar-refractivity contribution is 7.92. The van der Waals surface area contributed by atoms with Gasteiger partial charge in [0.1, 0.15) is 12.6 Å². The van der Waals surface area contributed by atoms with Crippen LogP contribution in [0.15, 0.2) is 66.7 Å². The molecule has 0 heterocycles. The minimum atomic E-state index is -3.82. The van der Waals surface area contributed by atoms with Crippen LogP contribution in [0.25, 0.3) is 10.8 Å². The molecule has 0 radical (unpaired) electrons. The third-order valence-electron chi connectivity index (χ3n) is 6.05. The Morgan fingerprint density at radius 3 is 2.24 bits per heavy atom. The van der Waals surface area contributed by atoms with Crippen molar-refractivity contribution in [1.82, 2.24) is 10.2 Å². The molecule has 0 unspecified atom stereocenters. The number of carbonyl (C=O) groups excluding carboxylic acids is 2. The number of halogens is 1. The number of fused-ring (bicyclic) bond motifs is 1. The van der Waals surface area contributed by atoms with Crippen molar-refractivity contribution in [2.45, 2.75) is 39.8 Å². The number of sulfonamides is 1. The molecule has 0 saturated carbocycles. The first-order valence-corrected chi connectivity index (χ1v) is 14.5. The normalized spacial score (nSPS) is 12.4. The van der Waals surface area contributed by atoms with Crippen molar-refractivity contribution in [2.24, 2.45) is 5.92 Å². The fraction of sp³-hybridized carbons (Fsp3) is 0.357. The number of hydrogen-bond donors (Lipinski definition) is 1. The van der Waals surface area contributed by atoms with Crippen LogP contribution in [-0.4, -0.2) is 50.5 Å². The number of nitrogens with one attached hydrogen (secondary N) is 1. The molecule has 0 aliphatic rings. The van der Waals surface area contributed by atoms with Gasteiger partial charge >= 0.3 is 0 Å². The molecule has 2 amide bonds. The standard InChI is InChI=1S/C28H34ClN3O4S/c1-5-25(28(34)30-17-20(2)3)31(18-21-13-15-23(29)16-14-21)27(33)19-32(37(4,35)36)26-12-8-10-22-9-6-7-11-24(22)26/h6-16,20,25H,5,17-19H2,1-4H3,(H,30,34)/t25-/m1/s1. The lowest BCUT2D eigenvalue weighted by atomic mass is 10.1. The van der Waals surface area contributed by atoms with E-state index in [1.807, 2.05) is 51.1 Å². The van der Waals surface area contributed by atoms with Gasteiger partial charge in [0.25, 0.3) is 0 Å². The van der Waals surface area contributed by atoms with E-state index in [2.05, 4.69) is 5.32 Å². The largest absolute Gasteiger partial charge is 0.354 e. The molecule has 0 aliphatic carbocycles. The fourth-order valence-electron chi connectivity index (χ4n) is 4.15. The molecule has 7 nitrogen and oxygen atoms in total. The maximum Gasteiger partial charge on any atom is 0.244 e. The van der Waals surface area contributed by atoms with Crippen LogP contribution < -0.4 is 9.62 Å². The molecule has 1 N–H and O–H groups in total. The summed E-state index contributed by atoms with van der Waals surface area (Å²) in [5.41, 5.74) is 1.20. The van der Waals surface area contributed by atoms with E-state index in [9.17, 15) is 18.0 Å². The summed E-state index contributed by atoms with van der Waals surface area (Å²) in [7, 11) is -3.82. The molecule has 37 heavy (non-hydrogen) atoms. The SMILES string of the molecule is CC[C@H](C(=O)NCC(C)C)N(Cc1ccc(Cl)cc1)C(=O)CN(c1cccc2ccccc12)S(C)(=O)=O. The van der Waals surface area contributed by atoms with E-state index in [1.54, 1.807) is 36.4 Å². The van der Waals surface area contributed by atoms with Gasteiger partial charge in [0.2, 0.25) is 21.8 Å². The molecule has 0 aromatic heterocycles. The topological polar surface area (TPSA) is 86.8 Å². The summed E-state index contributed by atoms with van der Waals surface area (Å²) in [5.74, 6) is -0.497. The minimum absolute atomic E-state index is 0.136. The van der Waals surface area contributed by atoms with Crippen molar-refractivity contribution >= 4 is 49.9 Å². The Bertz CT molecular complexity index is 1340. The number of hydrogen-bond acceptors (Lipinski definition) is 4. The van der Waals surface area contributed by atoms with Gasteiger partial charge in [0, 0.05) is 23.5 Å². The molecule has 1 atom stereocenters. The highest BCUT2D eigenvalue weighted by Gasteiger charge is 2.32. The van der Waals surface area contributed by atoms with Crippen molar-refractivity contribution in [1.29, 1.82) is 0 Å². The van der Waals surface area contributed by atoms with Gasteiger partial charge in [0.05, 0.1) is 11.9 Å². The van der Waals surface area contributed by atoms with Gasteiger partial charge in [-0.05, 0) is 41.5 Å². The Balaban J connectivity index is 2.00. The van der Waals surface area contributed by atoms with Crippen LogP contribution in [0.2, 0.25) is 5.02 Å². The Kier molecular flexibility index (Phi) is 9.56. The molecule has 3 rings (SSSR count). The zero-order chi connectivity index (χ0) is 27.2. The van der Waals surface area contributed by atoms with Gasteiger partial charge in [-0.25, -0.2) is 8.42 Å². The maximum atomic E-state index is 13.8. The molecule has 0 spiro atoms. The zero-order valence-electron chi connectivity index (χ0n) is 21.6. The number of rotatable bonds is 11. The molecule has 198 valence electrons. The summed E-state index contributed by atoms with van der Waals surface area (Å²) in [4.78, 5) is 28.4. The quantitative estimate of drug-likeness (QED) is 0.375.